The second-order valence-electron chi connectivity index (χ2n) is 5.02. The standard InChI is InChI=1S/C13H17N5O/c1-9(7-11-8-14-5-6-15-11)16-13-18-17-12(19-13)10-3-2-4-10/h5-6,8-10H,2-4,7H2,1H3,(H,16,18). The normalized spacial score (nSPS) is 16.9. The number of aromatic nitrogens is 4. The Kier molecular flexibility index (Phi) is 3.39. The van der Waals surface area contributed by atoms with Crippen LogP contribution in [-0.2, 0) is 6.42 Å². The monoisotopic (exact) mass is 259 g/mol. The molecule has 0 saturated heterocycles. The van der Waals surface area contributed by atoms with Gasteiger partial charge in [0.25, 0.3) is 0 Å². The van der Waals surface area contributed by atoms with Gasteiger partial charge in [0.1, 0.15) is 0 Å². The first-order chi connectivity index (χ1) is 9.31. The van der Waals surface area contributed by atoms with Gasteiger partial charge in [-0.25, -0.2) is 0 Å². The van der Waals surface area contributed by atoms with Crippen LogP contribution in [0, 0.1) is 0 Å². The Morgan fingerprint density at radius 1 is 1.37 bits per heavy atom. The lowest BCUT2D eigenvalue weighted by Gasteiger charge is -2.20. The molecule has 1 fully saturated rings. The van der Waals surface area contributed by atoms with Crippen LogP contribution in [0.25, 0.3) is 0 Å². The minimum absolute atomic E-state index is 0.173. The number of rotatable bonds is 5. The topological polar surface area (TPSA) is 76.7 Å². The number of nitrogens with zero attached hydrogens (tertiary/aromatic N) is 4. The summed E-state index contributed by atoms with van der Waals surface area (Å²) < 4.78 is 5.63. The molecule has 100 valence electrons. The maximum Gasteiger partial charge on any atom is 0.315 e. The van der Waals surface area contributed by atoms with Crippen LogP contribution in [0.2, 0.25) is 0 Å². The highest BCUT2D eigenvalue weighted by molar-refractivity contribution is 5.21. The van der Waals surface area contributed by atoms with Crippen molar-refractivity contribution in [2.24, 2.45) is 0 Å². The van der Waals surface area contributed by atoms with E-state index in [-0.39, 0.29) is 6.04 Å². The number of hydrogen-bond donors (Lipinski definition) is 1. The molecule has 6 nitrogen and oxygen atoms in total. The Hall–Kier alpha value is -1.98. The summed E-state index contributed by atoms with van der Waals surface area (Å²) in [5.74, 6) is 1.23. The van der Waals surface area contributed by atoms with Crippen LogP contribution in [0.15, 0.2) is 23.0 Å². The molecule has 19 heavy (non-hydrogen) atoms. The summed E-state index contributed by atoms with van der Waals surface area (Å²) in [4.78, 5) is 8.30. The van der Waals surface area contributed by atoms with E-state index in [1.165, 1.54) is 6.42 Å². The molecule has 0 radical (unpaired) electrons. The van der Waals surface area contributed by atoms with Crippen molar-refractivity contribution in [3.05, 3.63) is 30.2 Å². The third-order valence-electron chi connectivity index (χ3n) is 3.40. The zero-order chi connectivity index (χ0) is 13.1. The molecule has 0 bridgehead atoms. The summed E-state index contributed by atoms with van der Waals surface area (Å²) in [5, 5.41) is 11.3. The van der Waals surface area contributed by atoms with Gasteiger partial charge < -0.3 is 9.73 Å². The fourth-order valence-electron chi connectivity index (χ4n) is 2.12. The summed E-state index contributed by atoms with van der Waals surface area (Å²) in [5.41, 5.74) is 0.946. The van der Waals surface area contributed by atoms with Crippen molar-refractivity contribution in [3.63, 3.8) is 0 Å². The number of nitrogens with one attached hydrogen (secondary N) is 1. The van der Waals surface area contributed by atoms with Gasteiger partial charge in [-0.3, -0.25) is 9.97 Å². The van der Waals surface area contributed by atoms with Crippen LogP contribution in [0.5, 0.6) is 0 Å². The molecule has 6 heteroatoms. The maximum absolute atomic E-state index is 5.63. The van der Waals surface area contributed by atoms with E-state index in [0.717, 1.165) is 30.8 Å². The van der Waals surface area contributed by atoms with E-state index < -0.39 is 0 Å². The predicted octanol–water partition coefficient (Wildman–Crippen LogP) is 2.17. The van der Waals surface area contributed by atoms with Crippen LogP contribution >= 0.6 is 0 Å². The zero-order valence-corrected chi connectivity index (χ0v) is 10.9. The molecule has 2 aromatic heterocycles. The predicted molar refractivity (Wildman–Crippen MR) is 69.7 cm³/mol. The summed E-state index contributed by atoms with van der Waals surface area (Å²) in [6, 6.07) is 0.671. The highest BCUT2D eigenvalue weighted by Gasteiger charge is 2.25. The second-order valence-corrected chi connectivity index (χ2v) is 5.02. The number of anilines is 1. The number of hydrogen-bond acceptors (Lipinski definition) is 6. The molecular weight excluding hydrogens is 242 g/mol. The van der Waals surface area contributed by atoms with E-state index in [2.05, 4.69) is 32.4 Å². The van der Waals surface area contributed by atoms with Crippen LogP contribution < -0.4 is 5.32 Å². The Balaban J connectivity index is 1.56. The van der Waals surface area contributed by atoms with Crippen molar-refractivity contribution in [2.75, 3.05) is 5.32 Å². The molecule has 0 aliphatic heterocycles. The molecular formula is C13H17N5O. The van der Waals surface area contributed by atoms with Gasteiger partial charge in [0.2, 0.25) is 5.89 Å². The Labute approximate surface area is 111 Å². The molecule has 1 atom stereocenters. The van der Waals surface area contributed by atoms with Gasteiger partial charge in [-0.15, -0.1) is 5.10 Å². The first-order valence-electron chi connectivity index (χ1n) is 6.66. The van der Waals surface area contributed by atoms with E-state index in [0.29, 0.717) is 11.9 Å². The lowest BCUT2D eigenvalue weighted by Crippen LogP contribution is -2.19. The van der Waals surface area contributed by atoms with E-state index in [4.69, 9.17) is 4.42 Å². The van der Waals surface area contributed by atoms with E-state index in [1.807, 2.05) is 0 Å². The summed E-state index contributed by atoms with van der Waals surface area (Å²) in [6.07, 6.45) is 9.50. The molecule has 0 spiro atoms. The fourth-order valence-corrected chi connectivity index (χ4v) is 2.12. The van der Waals surface area contributed by atoms with E-state index in [1.54, 1.807) is 18.6 Å². The molecule has 3 rings (SSSR count). The maximum atomic E-state index is 5.63. The van der Waals surface area contributed by atoms with Crippen molar-refractivity contribution in [3.8, 4) is 0 Å². The first kappa shape index (κ1) is 12.1. The third kappa shape index (κ3) is 2.89. The molecule has 0 aromatic carbocycles. The molecule has 2 heterocycles. The zero-order valence-electron chi connectivity index (χ0n) is 10.9. The second kappa shape index (κ2) is 5.34. The van der Waals surface area contributed by atoms with E-state index in [9.17, 15) is 0 Å². The van der Waals surface area contributed by atoms with Gasteiger partial charge in [0.15, 0.2) is 0 Å². The molecule has 1 saturated carbocycles. The Morgan fingerprint density at radius 2 is 2.26 bits per heavy atom. The summed E-state index contributed by atoms with van der Waals surface area (Å²) >= 11 is 0. The van der Waals surface area contributed by atoms with Gasteiger partial charge in [-0.1, -0.05) is 11.5 Å². The van der Waals surface area contributed by atoms with Crippen molar-refractivity contribution in [2.45, 2.75) is 44.6 Å². The lowest BCUT2D eigenvalue weighted by atomic mass is 9.85. The van der Waals surface area contributed by atoms with Crippen molar-refractivity contribution >= 4 is 6.01 Å². The van der Waals surface area contributed by atoms with Crippen molar-refractivity contribution in [1.29, 1.82) is 0 Å². The summed E-state index contributed by atoms with van der Waals surface area (Å²) in [6.45, 7) is 2.06. The molecule has 1 aliphatic rings. The molecule has 1 N–H and O–H groups in total. The smallest absolute Gasteiger partial charge is 0.315 e. The largest absolute Gasteiger partial charge is 0.408 e. The van der Waals surface area contributed by atoms with Crippen LogP contribution in [0.1, 0.15) is 43.7 Å². The van der Waals surface area contributed by atoms with Crippen LogP contribution in [0.3, 0.4) is 0 Å². The Bertz CT molecular complexity index is 523. The van der Waals surface area contributed by atoms with Crippen LogP contribution in [0.4, 0.5) is 6.01 Å². The minimum atomic E-state index is 0.173. The summed E-state index contributed by atoms with van der Waals surface area (Å²) in [7, 11) is 0. The SMILES string of the molecule is CC(Cc1cnccn1)Nc1nnc(C2CCC2)o1. The van der Waals surface area contributed by atoms with Gasteiger partial charge in [0, 0.05) is 37.0 Å². The Morgan fingerprint density at radius 3 is 2.95 bits per heavy atom. The van der Waals surface area contributed by atoms with Gasteiger partial charge in [-0.05, 0) is 19.8 Å². The van der Waals surface area contributed by atoms with Gasteiger partial charge in [0.05, 0.1) is 5.69 Å². The quantitative estimate of drug-likeness (QED) is 0.886. The molecule has 2 aromatic rings. The van der Waals surface area contributed by atoms with Gasteiger partial charge >= 0.3 is 6.01 Å². The highest BCUT2D eigenvalue weighted by atomic mass is 16.4. The lowest BCUT2D eigenvalue weighted by molar-refractivity contribution is 0.338. The fraction of sp³-hybridized carbons (Fsp3) is 0.538. The van der Waals surface area contributed by atoms with Gasteiger partial charge in [-0.2, -0.15) is 0 Å². The third-order valence-corrected chi connectivity index (χ3v) is 3.40. The molecule has 1 unspecified atom stereocenters. The minimum Gasteiger partial charge on any atom is -0.408 e. The molecule has 0 amide bonds. The van der Waals surface area contributed by atoms with E-state index >= 15 is 0 Å². The van der Waals surface area contributed by atoms with Crippen LogP contribution in [-0.4, -0.2) is 26.2 Å². The molecule has 1 aliphatic carbocycles. The average Bonchev–Trinajstić information content (AvgIpc) is 2.76. The average molecular weight is 259 g/mol. The highest BCUT2D eigenvalue weighted by Crippen LogP contribution is 2.35. The van der Waals surface area contributed by atoms with Crippen molar-refractivity contribution < 1.29 is 4.42 Å². The van der Waals surface area contributed by atoms with Crippen molar-refractivity contribution in [1.82, 2.24) is 20.2 Å². The first-order valence-corrected chi connectivity index (χ1v) is 6.66.